The number of hydrogen-bond donors (Lipinski definition) is 12. The Bertz CT molecular complexity index is 3310. The summed E-state index contributed by atoms with van der Waals surface area (Å²) in [5, 5.41) is 34.4. The molecule has 29 heteroatoms. The Hall–Kier alpha value is -2.25. The van der Waals surface area contributed by atoms with Gasteiger partial charge in [0.15, 0.2) is 29.1 Å². The Labute approximate surface area is 766 Å². The number of aromatic amines is 1. The van der Waals surface area contributed by atoms with Crippen LogP contribution in [0.2, 0.25) is 0 Å². The molecule has 4 amide bonds. The van der Waals surface area contributed by atoms with E-state index in [2.05, 4.69) is 87.6 Å². The molecule has 0 saturated carbocycles. The van der Waals surface area contributed by atoms with Crippen molar-refractivity contribution in [3.8, 4) is 5.75 Å². The number of carbonyl (C=O) groups is 10. The van der Waals surface area contributed by atoms with E-state index in [1.807, 2.05) is 48.7 Å². The van der Waals surface area contributed by atoms with Gasteiger partial charge in [0.2, 0.25) is 23.6 Å². The number of para-hydroxylation sites is 1. The van der Waals surface area contributed by atoms with Crippen molar-refractivity contribution in [3.05, 3.63) is 137 Å². The van der Waals surface area contributed by atoms with E-state index in [9.17, 15) is 43.5 Å². The van der Waals surface area contributed by atoms with E-state index in [1.165, 1.54) is 23.9 Å². The van der Waals surface area contributed by atoms with Crippen molar-refractivity contribution in [2.75, 3.05) is 38.2 Å². The second kappa shape index (κ2) is 60.3. The van der Waals surface area contributed by atoms with Crippen LogP contribution in [0.3, 0.4) is 0 Å². The van der Waals surface area contributed by atoms with Crippen molar-refractivity contribution in [2.24, 2.45) is 57.9 Å². The number of amides is 4. The normalized spacial score (nSPS) is 13.8. The predicted molar refractivity (Wildman–Crippen MR) is 404 cm³/mol. The van der Waals surface area contributed by atoms with Gasteiger partial charge >= 0.3 is 0 Å². The molecule has 1 heterocycles. The minimum Gasteiger partial charge on any atom is -0.508 e. The summed E-state index contributed by atoms with van der Waals surface area (Å²) in [6.45, 7) is 12.8. The minimum atomic E-state index is -1.19. The maximum atomic E-state index is 15.1. The van der Waals surface area contributed by atoms with E-state index in [-0.39, 0.29) is 263 Å². The third-order valence-electron chi connectivity index (χ3n) is 18.8. The number of nitrogens with zero attached hydrogens (tertiary/aromatic N) is 1. The summed E-state index contributed by atoms with van der Waals surface area (Å²) in [5.41, 5.74) is 14.1. The molecule has 0 bridgehead atoms. The number of aromatic hydroxyl groups is 1. The number of fused-ring (bicyclic) bond motifs is 1. The van der Waals surface area contributed by atoms with Crippen LogP contribution in [0.4, 0.5) is 0 Å². The van der Waals surface area contributed by atoms with E-state index in [0.29, 0.717) is 81.5 Å². The molecule has 0 unspecified atom stereocenters. The maximum Gasteiger partial charge on any atom is 0.224 e. The number of thioether (sulfide) groups is 1. The summed E-state index contributed by atoms with van der Waals surface area (Å²) >= 11 is 1.46. The van der Waals surface area contributed by atoms with Gasteiger partial charge in [0.25, 0.3) is 0 Å². The van der Waals surface area contributed by atoms with Gasteiger partial charge in [-0.2, -0.15) is 11.8 Å². The first-order valence-corrected chi connectivity index (χ1v) is 37.4. The van der Waals surface area contributed by atoms with Gasteiger partial charge in [-0.3, -0.25) is 76.3 Å². The number of aromatic nitrogens is 1. The molecule has 5 radical (unpaired) electrons. The van der Waals surface area contributed by atoms with Crippen LogP contribution in [0, 0.1) is 76.5 Å². The van der Waals surface area contributed by atoms with Crippen LogP contribution in [0.25, 0.3) is 10.9 Å². The van der Waals surface area contributed by atoms with Crippen molar-refractivity contribution < 1.29 is 217 Å². The number of nitrogens with one attached hydrogen (secondary N) is 9. The number of phenols is 1. The molecule has 0 aliphatic heterocycles. The molecular weight excluding hydrogens is 1760 g/mol. The van der Waals surface area contributed by atoms with Crippen molar-refractivity contribution in [2.45, 2.75) is 186 Å². The number of phenolic OH excluding ortho intramolecular Hbond substituents is 1. The number of carbonyl (C=O) groups excluding carboxylic acids is 10. The molecule has 0 fully saturated rings. The molecular formula is C78H115N12O11SY5-5. The topological polar surface area (TPSA) is 367 Å². The monoisotopic (exact) mass is 1870 g/mol. The van der Waals surface area contributed by atoms with E-state index in [0.717, 1.165) is 29.3 Å². The fourth-order valence-corrected chi connectivity index (χ4v) is 13.2. The van der Waals surface area contributed by atoms with Gasteiger partial charge < -0.3 is 75.8 Å². The fourth-order valence-electron chi connectivity index (χ4n) is 12.7. The number of rotatable bonds is 55. The number of ketones is 6. The van der Waals surface area contributed by atoms with Gasteiger partial charge in [0, 0.05) is 249 Å². The Morgan fingerprint density at radius 1 is 0.486 bits per heavy atom. The van der Waals surface area contributed by atoms with Gasteiger partial charge in [-0.15, -0.1) is 0 Å². The van der Waals surface area contributed by atoms with Crippen LogP contribution >= 0.6 is 11.8 Å². The molecule has 4 aromatic rings. The number of aliphatic imine (C=N–C) groups is 1. The van der Waals surface area contributed by atoms with Crippen LogP contribution in [-0.2, 0) is 231 Å². The molecule has 0 aliphatic carbocycles. The average molecular weight is 1870 g/mol. The summed E-state index contributed by atoms with van der Waals surface area (Å²) in [6.07, 6.45) is 8.33. The zero-order chi connectivity index (χ0) is 75.1. The van der Waals surface area contributed by atoms with Gasteiger partial charge in [-0.25, -0.2) is 0 Å². The van der Waals surface area contributed by atoms with Crippen molar-refractivity contribution in [3.63, 3.8) is 0 Å². The molecule has 0 saturated heterocycles. The van der Waals surface area contributed by atoms with Gasteiger partial charge in [0.1, 0.15) is 11.5 Å². The van der Waals surface area contributed by atoms with E-state index in [1.54, 1.807) is 58.2 Å². The molecule has 579 valence electrons. The number of Topliss-reactive ketones (excluding diaryl/α,β-unsaturated/α-hetero) is 6. The minimum absolute atomic E-state index is 0. The van der Waals surface area contributed by atoms with Crippen molar-refractivity contribution in [1.82, 2.24) is 47.5 Å². The Morgan fingerprint density at radius 2 is 0.953 bits per heavy atom. The molecule has 4 rings (SSSR count). The first-order chi connectivity index (χ1) is 48.8. The SMILES string of the molecule is [CH2-]NCCCC[C@H](CC(=O)[C@H](CCCCN[CH2-])NC(=O)[C@@H](CC(=O)[C@H](CCSC)NC(=O)[C@@H](CC(=O)[C@@H](NC(=O)[C@@H](CC(=O)[C@H](Cc1ccccc1)NC(=O)[C@H](CCCN=C(N)N)CC(=O)[C@H](CCCCN[CH2-])N[CH2-])Cc1ccc(O)cc1)C(C)C)C(C)C)Cc1c[nH]c2ccccc12)C([CH2-])=O.[Y].[Y].[Y].[Y].[Y]. The molecule has 10 atom stereocenters. The molecule has 3 aromatic carbocycles. The second-order valence-electron chi connectivity index (χ2n) is 27.5. The summed E-state index contributed by atoms with van der Waals surface area (Å²) in [6, 6.07) is 17.7. The zero-order valence-electron chi connectivity index (χ0n) is 63.7. The number of hydrogen-bond acceptors (Lipinski definition) is 17. The van der Waals surface area contributed by atoms with Gasteiger partial charge in [0.05, 0.1) is 24.2 Å². The standard InChI is InChI=1S/C78H115N12O11S.5Y/c1-50(2)62(77(101)88-66(35-40-102-10)70(95)47-58(43-59-49-86-63-28-15-14-27-61(59)63)75(99)87-65(30-18-21-38-83-8)69(94)44-55(52(5)91)25-16-19-36-81-6)48-72(97)73(51(3)4)90-76(100)57(41-54-31-33-60(92)34-32-54)46-71(96)67(42-53-23-12-11-13-24-53)89-74(98)56(26-22-39-85-78(79)80)45-68(93)64(84-9)29-17-20-37-82-7;;;;;/h11-15,23-24,27-28,31-34,49-51,55-58,62,64-67,73,81-84,86,92H,5-9,16-22,25-26,29-30,35-48H2,1-4,10H3,(H,87,99)(H,88,101)(H,89,98)(H,90,100)(H4,79,80,85);;;;;/q-5;;;;;/t55-,56-,57-,58-,62+,64+,65+,66+,67+,73+;;;;;/m1...../s1. The van der Waals surface area contributed by atoms with Crippen molar-refractivity contribution >= 4 is 87.0 Å². The average Bonchev–Trinajstić information content (AvgIpc) is 1.70. The predicted octanol–water partition coefficient (Wildman–Crippen LogP) is 7.63. The number of benzene rings is 3. The second-order valence-corrected chi connectivity index (χ2v) is 28.5. The van der Waals surface area contributed by atoms with E-state index in [4.69, 9.17) is 11.5 Å². The van der Waals surface area contributed by atoms with Crippen LogP contribution in [0.5, 0.6) is 5.75 Å². The summed E-state index contributed by atoms with van der Waals surface area (Å²) < 4.78 is 0. The molecule has 14 N–H and O–H groups in total. The van der Waals surface area contributed by atoms with Crippen LogP contribution < -0.4 is 54.0 Å². The number of unbranched alkanes of at least 4 members (excludes halogenated alkanes) is 3. The third-order valence-corrected chi connectivity index (χ3v) is 19.4. The largest absolute Gasteiger partial charge is 0.508 e. The smallest absolute Gasteiger partial charge is 0.224 e. The summed E-state index contributed by atoms with van der Waals surface area (Å²) in [5.74, 6) is -10.1. The first-order valence-electron chi connectivity index (χ1n) is 36.0. The van der Waals surface area contributed by atoms with Crippen LogP contribution in [0.15, 0.2) is 90.1 Å². The Kier molecular flexibility index (Phi) is 60.2. The third kappa shape index (κ3) is 40.6. The summed E-state index contributed by atoms with van der Waals surface area (Å²) in [4.78, 5) is 153. The van der Waals surface area contributed by atoms with E-state index >= 15 is 9.59 Å². The quantitative estimate of drug-likeness (QED) is 0.00874. The zero-order valence-corrected chi connectivity index (χ0v) is 78.7. The maximum absolute atomic E-state index is 15.1. The molecule has 0 spiro atoms. The fraction of sp³-hybridized carbons (Fsp3) is 0.538. The van der Waals surface area contributed by atoms with Crippen molar-refractivity contribution in [1.29, 1.82) is 0 Å². The molecule has 0 aliphatic rings. The Morgan fingerprint density at radius 3 is 1.50 bits per heavy atom. The number of H-pyrrole nitrogens is 1. The number of guanidine groups is 1. The van der Waals surface area contributed by atoms with Crippen LogP contribution in [0.1, 0.15) is 154 Å². The molecule has 1 aromatic heterocycles. The summed E-state index contributed by atoms with van der Waals surface area (Å²) in [7, 11) is 14.8. The number of nitrogens with two attached hydrogens (primary N) is 2. The van der Waals surface area contributed by atoms with Crippen LogP contribution in [-0.4, -0.2) is 143 Å². The van der Waals surface area contributed by atoms with Gasteiger partial charge in [-0.1, -0.05) is 101 Å². The van der Waals surface area contributed by atoms with E-state index < -0.39 is 119 Å². The molecule has 107 heavy (non-hydrogen) atoms. The Balaban J connectivity index is 0. The van der Waals surface area contributed by atoms with Gasteiger partial charge in [-0.05, 0) is 174 Å². The molecule has 23 nitrogen and oxygen atoms in total. The first kappa shape index (κ1) is 107.